The van der Waals surface area contributed by atoms with Crippen molar-refractivity contribution in [3.63, 3.8) is 0 Å². The fourth-order valence-electron chi connectivity index (χ4n) is 3.66. The highest BCUT2D eigenvalue weighted by Crippen LogP contribution is 2.30. The number of carbonyl (C=O) groups excluding carboxylic acids is 3. The summed E-state index contributed by atoms with van der Waals surface area (Å²) in [7, 11) is 0. The van der Waals surface area contributed by atoms with Crippen molar-refractivity contribution in [2.24, 2.45) is 0 Å². The standard InChI is InChI=1S/C25H19N5O3/c31-23-16-29(22-5-2-1-4-21(22)28-23)25(33)18-6-10-19(11-7-18)27-24(32)17-8-12-20(13-9-17)30-15-3-14-26-30/h1-15H,16H2,(H,27,32)(H,28,31). The van der Waals surface area contributed by atoms with Crippen LogP contribution in [0.5, 0.6) is 0 Å². The molecule has 33 heavy (non-hydrogen) atoms. The van der Waals surface area contributed by atoms with Crippen molar-refractivity contribution in [3.8, 4) is 5.69 Å². The van der Waals surface area contributed by atoms with Crippen LogP contribution in [-0.4, -0.2) is 34.0 Å². The van der Waals surface area contributed by atoms with Crippen LogP contribution in [0.15, 0.2) is 91.3 Å². The van der Waals surface area contributed by atoms with Gasteiger partial charge in [-0.3, -0.25) is 19.3 Å². The van der Waals surface area contributed by atoms with E-state index in [0.29, 0.717) is 28.2 Å². The number of aromatic nitrogens is 2. The van der Waals surface area contributed by atoms with E-state index in [1.54, 1.807) is 65.5 Å². The molecule has 1 aliphatic heterocycles. The fraction of sp³-hybridized carbons (Fsp3) is 0.0400. The molecule has 0 saturated heterocycles. The average molecular weight is 437 g/mol. The van der Waals surface area contributed by atoms with E-state index in [2.05, 4.69) is 15.7 Å². The van der Waals surface area contributed by atoms with Crippen LogP contribution in [-0.2, 0) is 4.79 Å². The lowest BCUT2D eigenvalue weighted by atomic mass is 10.1. The molecule has 4 aromatic rings. The summed E-state index contributed by atoms with van der Waals surface area (Å²) in [6.07, 6.45) is 3.51. The molecule has 0 saturated carbocycles. The minimum absolute atomic E-state index is 0.0527. The Morgan fingerprint density at radius 3 is 2.33 bits per heavy atom. The van der Waals surface area contributed by atoms with Crippen molar-refractivity contribution >= 4 is 34.8 Å². The second kappa shape index (κ2) is 8.43. The van der Waals surface area contributed by atoms with Gasteiger partial charge in [-0.25, -0.2) is 4.68 Å². The van der Waals surface area contributed by atoms with Gasteiger partial charge in [0, 0.05) is 29.2 Å². The SMILES string of the molecule is O=C1CN(C(=O)c2ccc(NC(=O)c3ccc(-n4cccn4)cc3)cc2)c2ccccc2N1. The van der Waals surface area contributed by atoms with E-state index >= 15 is 0 Å². The first-order chi connectivity index (χ1) is 16.1. The lowest BCUT2D eigenvalue weighted by Crippen LogP contribution is -2.42. The highest BCUT2D eigenvalue weighted by molar-refractivity contribution is 6.15. The van der Waals surface area contributed by atoms with E-state index < -0.39 is 0 Å². The van der Waals surface area contributed by atoms with E-state index in [0.717, 1.165) is 5.69 Å². The van der Waals surface area contributed by atoms with Crippen molar-refractivity contribution < 1.29 is 14.4 Å². The van der Waals surface area contributed by atoms with E-state index in [1.165, 1.54) is 4.90 Å². The van der Waals surface area contributed by atoms with Crippen molar-refractivity contribution in [3.05, 3.63) is 102 Å². The molecule has 1 aromatic heterocycles. The molecule has 0 spiro atoms. The van der Waals surface area contributed by atoms with Gasteiger partial charge < -0.3 is 10.6 Å². The van der Waals surface area contributed by atoms with E-state index in [1.807, 2.05) is 30.5 Å². The molecule has 8 heteroatoms. The summed E-state index contributed by atoms with van der Waals surface area (Å²) in [6.45, 7) is -0.0527. The van der Waals surface area contributed by atoms with Crippen LogP contribution >= 0.6 is 0 Å². The summed E-state index contributed by atoms with van der Waals surface area (Å²) in [6, 6.07) is 22.7. The molecule has 0 fully saturated rings. The Bertz CT molecular complexity index is 1330. The zero-order chi connectivity index (χ0) is 22.8. The van der Waals surface area contributed by atoms with Gasteiger partial charge in [0.05, 0.1) is 17.1 Å². The van der Waals surface area contributed by atoms with Gasteiger partial charge in [0.15, 0.2) is 0 Å². The van der Waals surface area contributed by atoms with Gasteiger partial charge in [0.2, 0.25) is 5.91 Å². The smallest absolute Gasteiger partial charge is 0.258 e. The predicted octanol–water partition coefficient (Wildman–Crippen LogP) is 3.72. The molecule has 0 radical (unpaired) electrons. The third-order valence-electron chi connectivity index (χ3n) is 5.30. The summed E-state index contributed by atoms with van der Waals surface area (Å²) in [5.41, 5.74) is 3.59. The largest absolute Gasteiger partial charge is 0.323 e. The average Bonchev–Trinajstić information content (AvgIpc) is 3.39. The number of hydrogen-bond acceptors (Lipinski definition) is 4. The number of rotatable bonds is 4. The topological polar surface area (TPSA) is 96.3 Å². The number of fused-ring (bicyclic) bond motifs is 1. The van der Waals surface area contributed by atoms with Crippen LogP contribution in [0.25, 0.3) is 5.69 Å². The predicted molar refractivity (Wildman–Crippen MR) is 125 cm³/mol. The molecule has 2 heterocycles. The number of benzene rings is 3. The summed E-state index contributed by atoms with van der Waals surface area (Å²) in [5.74, 6) is -0.795. The summed E-state index contributed by atoms with van der Waals surface area (Å²) in [4.78, 5) is 39.1. The van der Waals surface area contributed by atoms with E-state index in [9.17, 15) is 14.4 Å². The van der Waals surface area contributed by atoms with Crippen LogP contribution < -0.4 is 15.5 Å². The molecule has 162 valence electrons. The molecule has 1 aliphatic rings. The summed E-state index contributed by atoms with van der Waals surface area (Å²) in [5, 5.41) is 9.76. The Kier molecular flexibility index (Phi) is 5.16. The highest BCUT2D eigenvalue weighted by atomic mass is 16.2. The van der Waals surface area contributed by atoms with Crippen LogP contribution in [0.4, 0.5) is 17.1 Å². The first-order valence-corrected chi connectivity index (χ1v) is 10.3. The third kappa shape index (κ3) is 4.09. The van der Waals surface area contributed by atoms with Crippen LogP contribution in [0, 0.1) is 0 Å². The summed E-state index contributed by atoms with van der Waals surface area (Å²) < 4.78 is 1.71. The molecule has 8 nitrogen and oxygen atoms in total. The molecule has 0 bridgehead atoms. The Labute approximate surface area is 189 Å². The van der Waals surface area contributed by atoms with Crippen molar-refractivity contribution in [1.29, 1.82) is 0 Å². The van der Waals surface area contributed by atoms with E-state index in [4.69, 9.17) is 0 Å². The number of para-hydroxylation sites is 2. The number of anilines is 3. The lowest BCUT2D eigenvalue weighted by Gasteiger charge is -2.29. The minimum Gasteiger partial charge on any atom is -0.323 e. The van der Waals surface area contributed by atoms with Gasteiger partial charge in [-0.05, 0) is 66.7 Å². The van der Waals surface area contributed by atoms with Gasteiger partial charge in [-0.1, -0.05) is 12.1 Å². The number of amides is 3. The van der Waals surface area contributed by atoms with Crippen LogP contribution in [0.2, 0.25) is 0 Å². The van der Waals surface area contributed by atoms with Crippen molar-refractivity contribution in [2.75, 3.05) is 22.1 Å². The number of nitrogens with zero attached hydrogens (tertiary/aromatic N) is 3. The maximum absolute atomic E-state index is 13.0. The van der Waals surface area contributed by atoms with Crippen LogP contribution in [0.1, 0.15) is 20.7 Å². The molecule has 3 aromatic carbocycles. The molecule has 2 N–H and O–H groups in total. The maximum atomic E-state index is 13.0. The zero-order valence-corrected chi connectivity index (χ0v) is 17.4. The molecule has 3 amide bonds. The molecular formula is C25H19N5O3. The fourth-order valence-corrected chi connectivity index (χ4v) is 3.66. The molecule has 0 unspecified atom stereocenters. The number of nitrogens with one attached hydrogen (secondary N) is 2. The highest BCUT2D eigenvalue weighted by Gasteiger charge is 2.27. The number of hydrogen-bond donors (Lipinski definition) is 2. The Hall–Kier alpha value is -4.72. The first-order valence-electron chi connectivity index (χ1n) is 10.3. The van der Waals surface area contributed by atoms with Gasteiger partial charge in [0.25, 0.3) is 11.8 Å². The van der Waals surface area contributed by atoms with Gasteiger partial charge in [-0.15, -0.1) is 0 Å². The van der Waals surface area contributed by atoms with Crippen LogP contribution in [0.3, 0.4) is 0 Å². The Morgan fingerprint density at radius 1 is 0.879 bits per heavy atom. The first kappa shape index (κ1) is 20.2. The number of carbonyl (C=O) groups is 3. The molecule has 0 aliphatic carbocycles. The Morgan fingerprint density at radius 2 is 1.61 bits per heavy atom. The normalized spacial score (nSPS) is 12.6. The maximum Gasteiger partial charge on any atom is 0.258 e. The zero-order valence-electron chi connectivity index (χ0n) is 17.4. The second-order valence-electron chi connectivity index (χ2n) is 7.49. The third-order valence-corrected chi connectivity index (χ3v) is 5.30. The van der Waals surface area contributed by atoms with Gasteiger partial charge in [-0.2, -0.15) is 5.10 Å². The lowest BCUT2D eigenvalue weighted by molar-refractivity contribution is -0.115. The molecule has 0 atom stereocenters. The van der Waals surface area contributed by atoms with Gasteiger partial charge in [0.1, 0.15) is 6.54 Å². The molecule has 5 rings (SSSR count). The van der Waals surface area contributed by atoms with Crippen molar-refractivity contribution in [2.45, 2.75) is 0 Å². The minimum atomic E-state index is -0.288. The quantitative estimate of drug-likeness (QED) is 0.509. The monoisotopic (exact) mass is 437 g/mol. The van der Waals surface area contributed by atoms with Gasteiger partial charge >= 0.3 is 0 Å². The second-order valence-corrected chi connectivity index (χ2v) is 7.49. The van der Waals surface area contributed by atoms with E-state index in [-0.39, 0.29) is 24.3 Å². The summed E-state index contributed by atoms with van der Waals surface area (Å²) >= 11 is 0. The Balaban J connectivity index is 1.28. The molecular weight excluding hydrogens is 418 g/mol. The van der Waals surface area contributed by atoms with Crippen molar-refractivity contribution in [1.82, 2.24) is 9.78 Å².